The third kappa shape index (κ3) is 8.42. The van der Waals surface area contributed by atoms with Gasteiger partial charge >= 0.3 is 6.09 Å². The van der Waals surface area contributed by atoms with Crippen LogP contribution in [-0.4, -0.2) is 49.0 Å². The average Bonchev–Trinajstić information content (AvgIpc) is 2.81. The van der Waals surface area contributed by atoms with Gasteiger partial charge in [-0.05, 0) is 48.0 Å². The molecule has 0 saturated heterocycles. The number of alkyl carbamates (subject to hydrolysis) is 1. The lowest BCUT2D eigenvalue weighted by atomic mass is 10.1. The van der Waals surface area contributed by atoms with Crippen molar-refractivity contribution >= 4 is 12.1 Å². The Balaban J connectivity index is 2.37. The van der Waals surface area contributed by atoms with E-state index in [1.165, 1.54) is 0 Å². The SMILES string of the molecule is CCNC(=NCCc1c(C)noc1C)NCCNC(=O)OC(C)(C)C. The Morgan fingerprint density at radius 1 is 1.20 bits per heavy atom. The second-order valence-electron chi connectivity index (χ2n) is 6.67. The molecule has 8 heteroatoms. The summed E-state index contributed by atoms with van der Waals surface area (Å²) in [5.41, 5.74) is 1.52. The molecule has 1 aromatic heterocycles. The molecule has 0 atom stereocenters. The predicted molar refractivity (Wildman–Crippen MR) is 97.9 cm³/mol. The van der Waals surface area contributed by atoms with Crippen LogP contribution in [0.4, 0.5) is 4.79 Å². The number of nitrogens with zero attached hydrogens (tertiary/aromatic N) is 2. The molecule has 0 fully saturated rings. The van der Waals surface area contributed by atoms with Crippen molar-refractivity contribution in [2.45, 2.75) is 53.6 Å². The summed E-state index contributed by atoms with van der Waals surface area (Å²) in [4.78, 5) is 16.1. The zero-order valence-electron chi connectivity index (χ0n) is 16.2. The van der Waals surface area contributed by atoms with Gasteiger partial charge in [0, 0.05) is 31.7 Å². The molecule has 1 amide bonds. The smallest absolute Gasteiger partial charge is 0.407 e. The normalized spacial score (nSPS) is 12.0. The first kappa shape index (κ1) is 20.8. The van der Waals surface area contributed by atoms with E-state index in [0.29, 0.717) is 25.6 Å². The zero-order chi connectivity index (χ0) is 18.9. The van der Waals surface area contributed by atoms with Crippen LogP contribution in [0.15, 0.2) is 9.52 Å². The van der Waals surface area contributed by atoms with Gasteiger partial charge in [0.05, 0.1) is 5.69 Å². The summed E-state index contributed by atoms with van der Waals surface area (Å²) in [7, 11) is 0. The number of aryl methyl sites for hydroxylation is 2. The van der Waals surface area contributed by atoms with E-state index in [1.54, 1.807) is 0 Å². The van der Waals surface area contributed by atoms with Crippen LogP contribution in [-0.2, 0) is 11.2 Å². The van der Waals surface area contributed by atoms with Crippen LogP contribution in [0.25, 0.3) is 0 Å². The number of guanidine groups is 1. The van der Waals surface area contributed by atoms with Crippen molar-refractivity contribution in [3.8, 4) is 0 Å². The highest BCUT2D eigenvalue weighted by Crippen LogP contribution is 2.12. The summed E-state index contributed by atoms with van der Waals surface area (Å²) in [5, 5.41) is 13.0. The van der Waals surface area contributed by atoms with Crippen molar-refractivity contribution in [1.82, 2.24) is 21.1 Å². The minimum absolute atomic E-state index is 0.422. The van der Waals surface area contributed by atoms with Crippen LogP contribution in [0.5, 0.6) is 0 Å². The van der Waals surface area contributed by atoms with Gasteiger partial charge in [-0.2, -0.15) is 0 Å². The molecule has 1 rings (SSSR count). The fraction of sp³-hybridized carbons (Fsp3) is 0.706. The molecule has 142 valence electrons. The third-order valence-electron chi connectivity index (χ3n) is 3.24. The summed E-state index contributed by atoms with van der Waals surface area (Å²) in [6.07, 6.45) is 0.350. The maximum atomic E-state index is 11.6. The van der Waals surface area contributed by atoms with E-state index in [4.69, 9.17) is 9.26 Å². The molecule has 0 aliphatic heterocycles. The molecule has 1 heterocycles. The summed E-state index contributed by atoms with van der Waals surface area (Å²) >= 11 is 0. The number of ether oxygens (including phenoxy) is 1. The first-order valence-electron chi connectivity index (χ1n) is 8.63. The van der Waals surface area contributed by atoms with E-state index < -0.39 is 11.7 Å². The fourth-order valence-electron chi connectivity index (χ4n) is 2.14. The number of aliphatic imine (C=N–C) groups is 1. The molecule has 0 aromatic carbocycles. The number of carbonyl (C=O) groups excluding carboxylic acids is 1. The molecule has 0 unspecified atom stereocenters. The van der Waals surface area contributed by atoms with Crippen LogP contribution in [0.2, 0.25) is 0 Å². The number of amides is 1. The Hall–Kier alpha value is -2.25. The van der Waals surface area contributed by atoms with Crippen molar-refractivity contribution in [3.63, 3.8) is 0 Å². The Bertz CT molecular complexity index is 556. The topological polar surface area (TPSA) is 101 Å². The minimum Gasteiger partial charge on any atom is -0.444 e. The number of hydrogen-bond donors (Lipinski definition) is 3. The number of rotatable bonds is 7. The third-order valence-corrected chi connectivity index (χ3v) is 3.24. The Morgan fingerprint density at radius 3 is 2.44 bits per heavy atom. The van der Waals surface area contributed by atoms with E-state index in [1.807, 2.05) is 41.5 Å². The molecule has 8 nitrogen and oxygen atoms in total. The molecular formula is C17H31N5O3. The molecule has 0 bridgehead atoms. The highest BCUT2D eigenvalue weighted by Gasteiger charge is 2.15. The second kappa shape index (κ2) is 9.90. The second-order valence-corrected chi connectivity index (χ2v) is 6.67. The monoisotopic (exact) mass is 353 g/mol. The van der Waals surface area contributed by atoms with Gasteiger partial charge in [0.15, 0.2) is 5.96 Å². The van der Waals surface area contributed by atoms with Crippen LogP contribution in [0, 0.1) is 13.8 Å². The maximum absolute atomic E-state index is 11.6. The standard InChI is InChI=1S/C17H31N5O3/c1-7-18-15(19-9-8-14-12(2)22-25-13(14)3)20-10-11-21-16(23)24-17(4,5)6/h7-11H2,1-6H3,(H,21,23)(H2,18,19,20). The van der Waals surface area contributed by atoms with E-state index in [0.717, 1.165) is 30.0 Å². The molecule has 0 radical (unpaired) electrons. The average molecular weight is 353 g/mol. The van der Waals surface area contributed by atoms with Crippen molar-refractivity contribution in [2.75, 3.05) is 26.2 Å². The first-order valence-corrected chi connectivity index (χ1v) is 8.63. The molecule has 0 saturated carbocycles. The number of carbonyl (C=O) groups is 1. The summed E-state index contributed by atoms with van der Waals surface area (Å²) in [5.74, 6) is 1.55. The van der Waals surface area contributed by atoms with Gasteiger partial charge in [0.2, 0.25) is 0 Å². The Morgan fingerprint density at radius 2 is 1.88 bits per heavy atom. The van der Waals surface area contributed by atoms with Crippen molar-refractivity contribution < 1.29 is 14.1 Å². The van der Waals surface area contributed by atoms with Gasteiger partial charge in [-0.25, -0.2) is 4.79 Å². The van der Waals surface area contributed by atoms with E-state index in [-0.39, 0.29) is 0 Å². The maximum Gasteiger partial charge on any atom is 0.407 e. The molecular weight excluding hydrogens is 322 g/mol. The van der Waals surface area contributed by atoms with Gasteiger partial charge in [0.25, 0.3) is 0 Å². The van der Waals surface area contributed by atoms with Crippen LogP contribution < -0.4 is 16.0 Å². The number of nitrogens with one attached hydrogen (secondary N) is 3. The van der Waals surface area contributed by atoms with Crippen LogP contribution >= 0.6 is 0 Å². The van der Waals surface area contributed by atoms with Crippen LogP contribution in [0.1, 0.15) is 44.7 Å². The molecule has 0 aliphatic carbocycles. The first-order chi connectivity index (χ1) is 11.7. The Labute approximate surface area is 149 Å². The lowest BCUT2D eigenvalue weighted by molar-refractivity contribution is 0.0529. The van der Waals surface area contributed by atoms with Gasteiger partial charge in [-0.1, -0.05) is 5.16 Å². The quantitative estimate of drug-likeness (QED) is 0.393. The molecule has 0 spiro atoms. The lowest BCUT2D eigenvalue weighted by Crippen LogP contribution is -2.42. The van der Waals surface area contributed by atoms with E-state index in [2.05, 4.69) is 26.1 Å². The van der Waals surface area contributed by atoms with Crippen molar-refractivity contribution in [1.29, 1.82) is 0 Å². The molecule has 0 aliphatic rings. The molecule has 25 heavy (non-hydrogen) atoms. The predicted octanol–water partition coefficient (Wildman–Crippen LogP) is 1.91. The zero-order valence-corrected chi connectivity index (χ0v) is 16.2. The number of aromatic nitrogens is 1. The van der Waals surface area contributed by atoms with E-state index >= 15 is 0 Å². The lowest BCUT2D eigenvalue weighted by Gasteiger charge is -2.19. The summed E-state index contributed by atoms with van der Waals surface area (Å²) in [6.45, 7) is 13.7. The van der Waals surface area contributed by atoms with Gasteiger partial charge in [0.1, 0.15) is 11.4 Å². The molecule has 3 N–H and O–H groups in total. The largest absolute Gasteiger partial charge is 0.444 e. The fourth-order valence-corrected chi connectivity index (χ4v) is 2.14. The highest BCUT2D eigenvalue weighted by atomic mass is 16.6. The highest BCUT2D eigenvalue weighted by molar-refractivity contribution is 5.79. The van der Waals surface area contributed by atoms with Crippen molar-refractivity contribution in [2.24, 2.45) is 4.99 Å². The van der Waals surface area contributed by atoms with Gasteiger partial charge in [-0.3, -0.25) is 4.99 Å². The van der Waals surface area contributed by atoms with Gasteiger partial charge < -0.3 is 25.2 Å². The Kier molecular flexibility index (Phi) is 8.24. The summed E-state index contributed by atoms with van der Waals surface area (Å²) < 4.78 is 10.3. The summed E-state index contributed by atoms with van der Waals surface area (Å²) in [6, 6.07) is 0. The minimum atomic E-state index is -0.494. The van der Waals surface area contributed by atoms with Crippen LogP contribution in [0.3, 0.4) is 0 Å². The van der Waals surface area contributed by atoms with E-state index in [9.17, 15) is 4.79 Å². The molecule has 1 aromatic rings. The van der Waals surface area contributed by atoms with Gasteiger partial charge in [-0.15, -0.1) is 0 Å². The van der Waals surface area contributed by atoms with Crippen molar-refractivity contribution in [3.05, 3.63) is 17.0 Å². The number of hydrogen-bond acceptors (Lipinski definition) is 5.